The summed E-state index contributed by atoms with van der Waals surface area (Å²) in [6, 6.07) is 1.34. The maximum absolute atomic E-state index is 11.7. The average molecular weight is 235 g/mol. The van der Waals surface area contributed by atoms with Gasteiger partial charge in [-0.25, -0.2) is 9.78 Å². The Morgan fingerprint density at radius 3 is 2.65 bits per heavy atom. The van der Waals surface area contributed by atoms with E-state index in [4.69, 9.17) is 4.42 Å². The molecule has 0 atom stereocenters. The van der Waals surface area contributed by atoms with Gasteiger partial charge in [-0.2, -0.15) is 0 Å². The van der Waals surface area contributed by atoms with Gasteiger partial charge in [-0.15, -0.1) is 0 Å². The van der Waals surface area contributed by atoms with Crippen LogP contribution in [0, 0.1) is 13.8 Å². The normalized spacial score (nSPS) is 10.8. The molecule has 0 saturated carbocycles. The lowest BCUT2D eigenvalue weighted by Gasteiger charge is -2.03. The zero-order chi connectivity index (χ0) is 12.6. The van der Waals surface area contributed by atoms with Crippen LogP contribution in [0.4, 0.5) is 0 Å². The molecule has 0 aliphatic rings. The fourth-order valence-corrected chi connectivity index (χ4v) is 1.50. The van der Waals surface area contributed by atoms with Crippen LogP contribution >= 0.6 is 0 Å². The molecule has 0 amide bonds. The lowest BCUT2D eigenvalue weighted by atomic mass is 10.4. The van der Waals surface area contributed by atoms with Gasteiger partial charge in [0, 0.05) is 19.3 Å². The quantitative estimate of drug-likeness (QED) is 0.745. The Bertz CT molecular complexity index is 644. The van der Waals surface area contributed by atoms with E-state index in [1.54, 1.807) is 14.0 Å². The molecule has 0 fully saturated rings. The minimum atomic E-state index is -0.383. The number of rotatable bonds is 2. The second kappa shape index (κ2) is 4.04. The van der Waals surface area contributed by atoms with Crippen molar-refractivity contribution < 1.29 is 4.42 Å². The monoisotopic (exact) mass is 235 g/mol. The first-order valence-electron chi connectivity index (χ1n) is 5.18. The van der Waals surface area contributed by atoms with Gasteiger partial charge in [-0.05, 0) is 13.8 Å². The number of nitrogens with zero attached hydrogens (tertiary/aromatic N) is 3. The number of oxazole rings is 1. The van der Waals surface area contributed by atoms with Gasteiger partial charge in [0.25, 0.3) is 5.56 Å². The fraction of sp³-hybridized carbons (Fsp3) is 0.364. The number of hydrogen-bond acceptors (Lipinski definition) is 4. The lowest BCUT2D eigenvalue weighted by Crippen LogP contribution is -2.38. The van der Waals surface area contributed by atoms with Crippen molar-refractivity contribution >= 4 is 0 Å². The first-order chi connectivity index (χ1) is 7.99. The zero-order valence-electron chi connectivity index (χ0n) is 9.93. The molecule has 2 heterocycles. The Balaban J connectivity index is 2.46. The Hall–Kier alpha value is -2.11. The van der Waals surface area contributed by atoms with Crippen LogP contribution in [0.15, 0.2) is 26.3 Å². The first kappa shape index (κ1) is 11.4. The third kappa shape index (κ3) is 2.06. The molecule has 0 unspecified atom stereocenters. The molecule has 6 heteroatoms. The summed E-state index contributed by atoms with van der Waals surface area (Å²) in [5, 5.41) is 0. The van der Waals surface area contributed by atoms with Crippen molar-refractivity contribution in [1.29, 1.82) is 0 Å². The van der Waals surface area contributed by atoms with Crippen LogP contribution in [0.25, 0.3) is 0 Å². The molecule has 0 aliphatic heterocycles. The molecule has 17 heavy (non-hydrogen) atoms. The van der Waals surface area contributed by atoms with E-state index in [1.807, 2.05) is 6.92 Å². The highest BCUT2D eigenvalue weighted by atomic mass is 16.4. The summed E-state index contributed by atoms with van der Waals surface area (Å²) in [6.07, 6.45) is 1.44. The Morgan fingerprint density at radius 2 is 2.06 bits per heavy atom. The van der Waals surface area contributed by atoms with Gasteiger partial charge in [0.05, 0.1) is 5.69 Å². The van der Waals surface area contributed by atoms with Gasteiger partial charge >= 0.3 is 5.69 Å². The van der Waals surface area contributed by atoms with E-state index in [0.717, 1.165) is 10.3 Å². The Morgan fingerprint density at radius 1 is 1.35 bits per heavy atom. The molecule has 0 bridgehead atoms. The van der Waals surface area contributed by atoms with Crippen LogP contribution in [0.2, 0.25) is 0 Å². The van der Waals surface area contributed by atoms with Crippen molar-refractivity contribution in [3.63, 3.8) is 0 Å². The van der Waals surface area contributed by atoms with Gasteiger partial charge in [0.2, 0.25) is 5.89 Å². The lowest BCUT2D eigenvalue weighted by molar-refractivity contribution is 0.445. The third-order valence-corrected chi connectivity index (χ3v) is 2.61. The largest absolute Gasteiger partial charge is 0.444 e. The van der Waals surface area contributed by atoms with E-state index in [9.17, 15) is 9.59 Å². The molecular weight excluding hydrogens is 222 g/mol. The van der Waals surface area contributed by atoms with Gasteiger partial charge in [-0.3, -0.25) is 9.36 Å². The van der Waals surface area contributed by atoms with Crippen LogP contribution in [-0.4, -0.2) is 14.1 Å². The molecule has 0 spiro atoms. The highest BCUT2D eigenvalue weighted by Gasteiger charge is 2.09. The molecule has 2 rings (SSSR count). The van der Waals surface area contributed by atoms with Crippen molar-refractivity contribution in [3.05, 3.63) is 50.4 Å². The molecule has 2 aromatic heterocycles. The molecule has 0 aliphatic carbocycles. The second-order valence-corrected chi connectivity index (χ2v) is 3.88. The van der Waals surface area contributed by atoms with E-state index in [2.05, 4.69) is 4.98 Å². The standard InChI is InChI=1S/C11H13N3O3/c1-7-8(2)17-9(12-7)6-14-10(15)4-5-13(3)11(14)16/h4-5H,6H2,1-3H3. The van der Waals surface area contributed by atoms with Crippen LogP contribution < -0.4 is 11.2 Å². The summed E-state index contributed by atoms with van der Waals surface area (Å²) in [4.78, 5) is 27.5. The van der Waals surface area contributed by atoms with E-state index < -0.39 is 0 Å². The van der Waals surface area contributed by atoms with Gasteiger partial charge in [-0.1, -0.05) is 0 Å². The summed E-state index contributed by atoms with van der Waals surface area (Å²) < 4.78 is 7.77. The van der Waals surface area contributed by atoms with E-state index in [1.165, 1.54) is 16.8 Å². The number of aryl methyl sites for hydroxylation is 3. The van der Waals surface area contributed by atoms with Crippen molar-refractivity contribution in [1.82, 2.24) is 14.1 Å². The average Bonchev–Trinajstić information content (AvgIpc) is 2.59. The molecule has 6 nitrogen and oxygen atoms in total. The molecular formula is C11H13N3O3. The molecule has 0 saturated heterocycles. The zero-order valence-corrected chi connectivity index (χ0v) is 9.93. The highest BCUT2D eigenvalue weighted by Crippen LogP contribution is 2.08. The first-order valence-corrected chi connectivity index (χ1v) is 5.18. The highest BCUT2D eigenvalue weighted by molar-refractivity contribution is 5.05. The van der Waals surface area contributed by atoms with Crippen LogP contribution in [0.1, 0.15) is 17.3 Å². The van der Waals surface area contributed by atoms with Crippen LogP contribution in [0.5, 0.6) is 0 Å². The maximum atomic E-state index is 11.7. The van der Waals surface area contributed by atoms with Crippen LogP contribution in [0.3, 0.4) is 0 Å². The number of hydrogen-bond donors (Lipinski definition) is 0. The predicted molar refractivity (Wildman–Crippen MR) is 61.0 cm³/mol. The minimum Gasteiger partial charge on any atom is -0.444 e. The van der Waals surface area contributed by atoms with Gasteiger partial charge in [0.1, 0.15) is 12.3 Å². The molecule has 0 N–H and O–H groups in total. The van der Waals surface area contributed by atoms with Crippen molar-refractivity contribution in [2.24, 2.45) is 7.05 Å². The summed E-state index contributed by atoms with van der Waals surface area (Å²) in [5.74, 6) is 1.06. The molecule has 90 valence electrons. The Labute approximate surface area is 97.1 Å². The molecule has 0 radical (unpaired) electrons. The molecule has 0 aromatic carbocycles. The van der Waals surface area contributed by atoms with E-state index in [0.29, 0.717) is 11.7 Å². The topological polar surface area (TPSA) is 70.0 Å². The number of aromatic nitrogens is 3. The summed E-state index contributed by atoms with van der Waals surface area (Å²) >= 11 is 0. The summed E-state index contributed by atoms with van der Waals surface area (Å²) in [5.41, 5.74) is 0.0217. The van der Waals surface area contributed by atoms with Gasteiger partial charge < -0.3 is 8.98 Å². The Kier molecular flexibility index (Phi) is 2.71. The third-order valence-electron chi connectivity index (χ3n) is 2.61. The van der Waals surface area contributed by atoms with Crippen LogP contribution in [-0.2, 0) is 13.6 Å². The molecule has 2 aromatic rings. The summed E-state index contributed by atoms with van der Waals surface area (Å²) in [7, 11) is 1.59. The second-order valence-electron chi connectivity index (χ2n) is 3.88. The minimum absolute atomic E-state index is 0.0566. The SMILES string of the molecule is Cc1nc(Cn2c(=O)ccn(C)c2=O)oc1C. The van der Waals surface area contributed by atoms with E-state index >= 15 is 0 Å². The summed E-state index contributed by atoms with van der Waals surface area (Å²) in [6.45, 7) is 3.66. The smallest absolute Gasteiger partial charge is 0.331 e. The van der Waals surface area contributed by atoms with E-state index in [-0.39, 0.29) is 17.8 Å². The van der Waals surface area contributed by atoms with Crippen molar-refractivity contribution in [2.45, 2.75) is 20.4 Å². The van der Waals surface area contributed by atoms with Gasteiger partial charge in [0.15, 0.2) is 0 Å². The maximum Gasteiger partial charge on any atom is 0.331 e. The van der Waals surface area contributed by atoms with Crippen molar-refractivity contribution in [2.75, 3.05) is 0 Å². The fourth-order valence-electron chi connectivity index (χ4n) is 1.50. The van der Waals surface area contributed by atoms with Crippen molar-refractivity contribution in [3.8, 4) is 0 Å². The predicted octanol–water partition coefficient (Wildman–Crippen LogP) is 0.200.